The number of carbonyl (C=O) groups is 1. The van der Waals surface area contributed by atoms with Crippen LogP contribution in [0.3, 0.4) is 0 Å². The third-order valence-corrected chi connectivity index (χ3v) is 6.65. The zero-order chi connectivity index (χ0) is 20.1. The van der Waals surface area contributed by atoms with E-state index in [1.807, 2.05) is 0 Å². The van der Waals surface area contributed by atoms with Crippen molar-refractivity contribution in [1.82, 2.24) is 0 Å². The van der Waals surface area contributed by atoms with Gasteiger partial charge in [-0.25, -0.2) is 8.42 Å². The van der Waals surface area contributed by atoms with Crippen LogP contribution in [0.4, 0.5) is 11.4 Å². The summed E-state index contributed by atoms with van der Waals surface area (Å²) in [5.74, 6) is -0.443. The molecule has 0 unspecified atom stereocenters. The van der Waals surface area contributed by atoms with E-state index < -0.39 is 15.9 Å². The minimum Gasteiger partial charge on any atom is -0.325 e. The Balaban J connectivity index is 1.92. The number of sulfonamides is 1. The van der Waals surface area contributed by atoms with E-state index in [1.165, 1.54) is 12.1 Å². The van der Waals surface area contributed by atoms with Gasteiger partial charge < -0.3 is 5.32 Å². The van der Waals surface area contributed by atoms with Crippen molar-refractivity contribution in [3.63, 3.8) is 0 Å². The van der Waals surface area contributed by atoms with E-state index in [1.54, 1.807) is 66.7 Å². The number of hydrogen-bond donors (Lipinski definition) is 1. The molecule has 1 N–H and O–H groups in total. The molecule has 1 amide bonds. The van der Waals surface area contributed by atoms with Crippen molar-refractivity contribution in [3.8, 4) is 0 Å². The van der Waals surface area contributed by atoms with Gasteiger partial charge >= 0.3 is 0 Å². The van der Waals surface area contributed by atoms with Gasteiger partial charge in [0.2, 0.25) is 5.91 Å². The largest absolute Gasteiger partial charge is 0.325 e. The molecule has 3 rings (SSSR count). The van der Waals surface area contributed by atoms with Crippen LogP contribution in [-0.2, 0) is 14.8 Å². The lowest BCUT2D eigenvalue weighted by atomic mass is 10.3. The molecular weight excluding hydrogens is 508 g/mol. The van der Waals surface area contributed by atoms with Gasteiger partial charge in [0.25, 0.3) is 10.0 Å². The number of nitrogens with one attached hydrogen (secondary N) is 1. The molecule has 28 heavy (non-hydrogen) atoms. The number of anilines is 2. The van der Waals surface area contributed by atoms with Gasteiger partial charge in [-0.15, -0.1) is 0 Å². The van der Waals surface area contributed by atoms with E-state index in [0.717, 1.165) is 8.78 Å². The predicted octanol–water partition coefficient (Wildman–Crippen LogP) is 5.05. The second-order valence-corrected chi connectivity index (χ2v) is 9.55. The summed E-state index contributed by atoms with van der Waals surface area (Å²) < 4.78 is 29.1. The highest BCUT2D eigenvalue weighted by atomic mass is 79.9. The van der Waals surface area contributed by atoms with Gasteiger partial charge in [-0.05, 0) is 54.6 Å². The number of nitrogens with zero attached hydrogens (tertiary/aromatic N) is 1. The van der Waals surface area contributed by atoms with Crippen molar-refractivity contribution in [1.29, 1.82) is 0 Å². The SMILES string of the molecule is O=C(CN(c1cccc(Br)c1)S(=O)(=O)c1ccccc1)Nc1ccc(Br)cc1. The number of benzene rings is 3. The first-order valence-electron chi connectivity index (χ1n) is 8.25. The predicted molar refractivity (Wildman–Crippen MR) is 118 cm³/mol. The average molecular weight is 524 g/mol. The van der Waals surface area contributed by atoms with Crippen LogP contribution in [0.1, 0.15) is 0 Å². The van der Waals surface area contributed by atoms with Crippen LogP contribution < -0.4 is 9.62 Å². The molecule has 5 nitrogen and oxygen atoms in total. The number of rotatable bonds is 6. The average Bonchev–Trinajstić information content (AvgIpc) is 2.68. The maximum atomic E-state index is 13.2. The molecule has 0 radical (unpaired) electrons. The molecule has 0 aliphatic carbocycles. The Morgan fingerprint density at radius 1 is 0.857 bits per heavy atom. The molecule has 0 spiro atoms. The highest BCUT2D eigenvalue weighted by Crippen LogP contribution is 2.26. The summed E-state index contributed by atoms with van der Waals surface area (Å²) >= 11 is 6.69. The lowest BCUT2D eigenvalue weighted by Gasteiger charge is -2.24. The maximum absolute atomic E-state index is 13.2. The van der Waals surface area contributed by atoms with Crippen molar-refractivity contribution in [2.75, 3.05) is 16.2 Å². The zero-order valence-electron chi connectivity index (χ0n) is 14.5. The van der Waals surface area contributed by atoms with E-state index in [0.29, 0.717) is 15.8 Å². The molecule has 3 aromatic rings. The molecular formula is C20H16Br2N2O3S. The minimum absolute atomic E-state index is 0.117. The fourth-order valence-electron chi connectivity index (χ4n) is 2.53. The van der Waals surface area contributed by atoms with Crippen LogP contribution in [0.25, 0.3) is 0 Å². The van der Waals surface area contributed by atoms with Crippen LogP contribution in [0.2, 0.25) is 0 Å². The highest BCUT2D eigenvalue weighted by molar-refractivity contribution is 9.10. The summed E-state index contributed by atoms with van der Waals surface area (Å²) in [6.45, 7) is -0.357. The summed E-state index contributed by atoms with van der Waals surface area (Å²) in [7, 11) is -3.92. The third-order valence-electron chi connectivity index (χ3n) is 3.84. The Kier molecular flexibility index (Phi) is 6.53. The zero-order valence-corrected chi connectivity index (χ0v) is 18.5. The number of carbonyl (C=O) groups excluding carboxylic acids is 1. The molecule has 0 heterocycles. The summed E-state index contributed by atoms with van der Waals surface area (Å²) in [5.41, 5.74) is 0.976. The van der Waals surface area contributed by atoms with Crippen LogP contribution in [0, 0.1) is 0 Å². The van der Waals surface area contributed by atoms with Crippen molar-refractivity contribution in [2.24, 2.45) is 0 Å². The first kappa shape index (κ1) is 20.6. The fraction of sp³-hybridized carbons (Fsp3) is 0.0500. The van der Waals surface area contributed by atoms with Gasteiger partial charge in [0.1, 0.15) is 6.54 Å². The standard InChI is InChI=1S/C20H16Br2N2O3S/c21-15-9-11-17(12-10-15)23-20(25)14-24(18-6-4-5-16(22)13-18)28(26,27)19-7-2-1-3-8-19/h1-13H,14H2,(H,23,25). The van der Waals surface area contributed by atoms with Crippen molar-refractivity contribution in [3.05, 3.63) is 87.8 Å². The second kappa shape index (κ2) is 8.89. The normalized spacial score (nSPS) is 11.1. The highest BCUT2D eigenvalue weighted by Gasteiger charge is 2.27. The van der Waals surface area contributed by atoms with Crippen LogP contribution in [0.15, 0.2) is 92.7 Å². The van der Waals surface area contributed by atoms with Crippen molar-refractivity contribution in [2.45, 2.75) is 4.90 Å². The summed E-state index contributed by atoms with van der Waals surface area (Å²) in [6, 6.07) is 21.9. The summed E-state index contributed by atoms with van der Waals surface area (Å²) in [5, 5.41) is 2.73. The molecule has 0 fully saturated rings. The topological polar surface area (TPSA) is 66.5 Å². The minimum atomic E-state index is -3.92. The van der Waals surface area contributed by atoms with Gasteiger partial charge in [0.15, 0.2) is 0 Å². The molecule has 0 aliphatic heterocycles. The number of hydrogen-bond acceptors (Lipinski definition) is 3. The first-order valence-corrected chi connectivity index (χ1v) is 11.3. The number of amides is 1. The molecule has 144 valence electrons. The van der Waals surface area contributed by atoms with E-state index in [9.17, 15) is 13.2 Å². The number of halogens is 2. The van der Waals surface area contributed by atoms with Gasteiger partial charge in [0, 0.05) is 14.6 Å². The Labute approximate surface area is 180 Å². The third kappa shape index (κ3) is 5.01. The van der Waals surface area contributed by atoms with Gasteiger partial charge in [0.05, 0.1) is 10.6 Å². The van der Waals surface area contributed by atoms with E-state index in [2.05, 4.69) is 37.2 Å². The molecule has 0 atom stereocenters. The summed E-state index contributed by atoms with van der Waals surface area (Å²) in [4.78, 5) is 12.7. The van der Waals surface area contributed by atoms with Gasteiger partial charge in [-0.3, -0.25) is 9.10 Å². The molecule has 0 bridgehead atoms. The Hall–Kier alpha value is -2.16. The van der Waals surface area contributed by atoms with Crippen molar-refractivity contribution < 1.29 is 13.2 Å². The van der Waals surface area contributed by atoms with Crippen LogP contribution >= 0.6 is 31.9 Å². The fourth-order valence-corrected chi connectivity index (χ4v) is 4.62. The molecule has 0 aliphatic rings. The van der Waals surface area contributed by atoms with Gasteiger partial charge in [-0.2, -0.15) is 0 Å². The van der Waals surface area contributed by atoms with E-state index in [-0.39, 0.29) is 11.4 Å². The monoisotopic (exact) mass is 522 g/mol. The smallest absolute Gasteiger partial charge is 0.264 e. The molecule has 3 aromatic carbocycles. The van der Waals surface area contributed by atoms with Gasteiger partial charge in [-0.1, -0.05) is 56.1 Å². The lowest BCUT2D eigenvalue weighted by Crippen LogP contribution is -2.38. The first-order chi connectivity index (χ1) is 13.4. The molecule has 0 saturated carbocycles. The van der Waals surface area contributed by atoms with Crippen molar-refractivity contribution >= 4 is 59.2 Å². The van der Waals surface area contributed by atoms with Crippen LogP contribution in [-0.4, -0.2) is 20.9 Å². The van der Waals surface area contributed by atoms with E-state index in [4.69, 9.17) is 0 Å². The Morgan fingerprint density at radius 2 is 1.54 bits per heavy atom. The Bertz CT molecular complexity index is 1070. The maximum Gasteiger partial charge on any atom is 0.264 e. The van der Waals surface area contributed by atoms with Crippen LogP contribution in [0.5, 0.6) is 0 Å². The molecule has 0 saturated heterocycles. The lowest BCUT2D eigenvalue weighted by molar-refractivity contribution is -0.114. The molecule has 8 heteroatoms. The summed E-state index contributed by atoms with van der Waals surface area (Å²) in [6.07, 6.45) is 0. The Morgan fingerprint density at radius 3 is 2.18 bits per heavy atom. The second-order valence-electron chi connectivity index (χ2n) is 5.86. The quantitative estimate of drug-likeness (QED) is 0.492. The van der Waals surface area contributed by atoms with E-state index >= 15 is 0 Å². The molecule has 0 aromatic heterocycles.